The van der Waals surface area contributed by atoms with Crippen molar-refractivity contribution in [2.24, 2.45) is 5.92 Å². The molecule has 0 spiro atoms. The molecule has 1 amide bonds. The van der Waals surface area contributed by atoms with Crippen molar-refractivity contribution < 1.29 is 13.9 Å². The van der Waals surface area contributed by atoms with E-state index in [0.717, 1.165) is 10.9 Å². The smallest absolute Gasteiger partial charge is 0.232 e. The number of carbonyl (C=O) groups is 1. The van der Waals surface area contributed by atoms with Crippen LogP contribution in [0.4, 0.5) is 10.2 Å². The summed E-state index contributed by atoms with van der Waals surface area (Å²) in [6.45, 7) is 8.58. The molecule has 0 aliphatic rings. The van der Waals surface area contributed by atoms with Crippen LogP contribution in [0, 0.1) is 5.92 Å². The Labute approximate surface area is 178 Å². The van der Waals surface area contributed by atoms with Crippen molar-refractivity contribution in [3.8, 4) is 5.88 Å². The highest BCUT2D eigenvalue weighted by Crippen LogP contribution is 2.25. The zero-order chi connectivity index (χ0) is 21.9. The van der Waals surface area contributed by atoms with Crippen molar-refractivity contribution in [3.63, 3.8) is 0 Å². The van der Waals surface area contributed by atoms with Gasteiger partial charge < -0.3 is 10.1 Å². The zero-order valence-electron chi connectivity index (χ0n) is 17.0. The lowest BCUT2D eigenvalue weighted by molar-refractivity contribution is -0.118. The quantitative estimate of drug-likeness (QED) is 0.534. The van der Waals surface area contributed by atoms with Gasteiger partial charge in [0, 0.05) is 24.5 Å². The molecule has 3 rings (SSSR count). The summed E-state index contributed by atoms with van der Waals surface area (Å²) in [6.07, 6.45) is 6.17. The minimum absolute atomic E-state index is 0.116. The fourth-order valence-electron chi connectivity index (χ4n) is 2.55. The summed E-state index contributed by atoms with van der Waals surface area (Å²) in [7, 11) is 0. The number of hydrogen-bond acceptors (Lipinski definition) is 5. The third-order valence-corrected chi connectivity index (χ3v) is 4.64. The van der Waals surface area contributed by atoms with E-state index >= 15 is 0 Å². The third kappa shape index (κ3) is 5.13. The summed E-state index contributed by atoms with van der Waals surface area (Å²) in [5.41, 5.74) is -0.183. The number of alkyl halides is 1. The van der Waals surface area contributed by atoms with E-state index in [4.69, 9.17) is 16.3 Å². The van der Waals surface area contributed by atoms with Gasteiger partial charge in [0.15, 0.2) is 5.67 Å². The number of halogens is 2. The molecule has 0 saturated heterocycles. The summed E-state index contributed by atoms with van der Waals surface area (Å²) in [6, 6.07) is 3.46. The van der Waals surface area contributed by atoms with E-state index in [1.54, 1.807) is 35.4 Å². The van der Waals surface area contributed by atoms with Crippen LogP contribution in [0.3, 0.4) is 0 Å². The molecule has 3 heterocycles. The maximum atomic E-state index is 13.9. The molecule has 7 nitrogen and oxygen atoms in total. The predicted octanol–water partition coefficient (Wildman–Crippen LogP) is 4.42. The number of nitrogens with zero attached hydrogens (tertiary/aromatic N) is 4. The highest BCUT2D eigenvalue weighted by atomic mass is 35.5. The number of nitrogens with one attached hydrogen (secondary N) is 1. The number of fused-ring (bicyclic) bond motifs is 1. The van der Waals surface area contributed by atoms with Crippen molar-refractivity contribution in [2.45, 2.75) is 33.0 Å². The zero-order valence-corrected chi connectivity index (χ0v) is 17.8. The Hall–Kier alpha value is -3.00. The van der Waals surface area contributed by atoms with Crippen molar-refractivity contribution in [2.75, 3.05) is 11.9 Å². The number of ether oxygens (including phenoxy) is 1. The molecule has 0 aliphatic carbocycles. The van der Waals surface area contributed by atoms with Crippen LogP contribution in [0.2, 0.25) is 5.02 Å². The summed E-state index contributed by atoms with van der Waals surface area (Å²) < 4.78 is 21.0. The molecule has 0 aliphatic heterocycles. The van der Waals surface area contributed by atoms with Crippen LogP contribution in [0.5, 0.6) is 5.88 Å². The number of anilines is 1. The average Bonchev–Trinajstić information content (AvgIpc) is 3.10. The third-order valence-electron chi connectivity index (χ3n) is 4.37. The lowest BCUT2D eigenvalue weighted by atomic mass is 10.1. The Balaban J connectivity index is 1.77. The highest BCUT2D eigenvalue weighted by molar-refractivity contribution is 6.31. The first-order chi connectivity index (χ1) is 14.2. The molecule has 9 heteroatoms. The molecule has 158 valence electrons. The highest BCUT2D eigenvalue weighted by Gasteiger charge is 2.20. The van der Waals surface area contributed by atoms with Crippen LogP contribution in [-0.2, 0) is 11.3 Å². The lowest BCUT2D eigenvalue weighted by Gasteiger charge is -2.16. The Kier molecular flexibility index (Phi) is 6.36. The average molecular weight is 432 g/mol. The maximum Gasteiger partial charge on any atom is 0.232 e. The predicted molar refractivity (Wildman–Crippen MR) is 115 cm³/mol. The molecule has 0 fully saturated rings. The van der Waals surface area contributed by atoms with E-state index < -0.39 is 5.67 Å². The molecule has 1 N–H and O–H groups in total. The fourth-order valence-corrected chi connectivity index (χ4v) is 2.79. The summed E-state index contributed by atoms with van der Waals surface area (Å²) in [4.78, 5) is 20.4. The molecule has 3 aromatic heterocycles. The molecule has 0 aromatic carbocycles. The Bertz CT molecular complexity index is 1080. The van der Waals surface area contributed by atoms with Crippen LogP contribution in [0.1, 0.15) is 26.3 Å². The van der Waals surface area contributed by atoms with Crippen LogP contribution in [0.15, 0.2) is 43.4 Å². The number of rotatable bonds is 8. The normalized spacial score (nSPS) is 13.3. The Morgan fingerprint density at radius 1 is 1.47 bits per heavy atom. The number of hydrogen-bond donors (Lipinski definition) is 1. The molecule has 0 saturated carbocycles. The Morgan fingerprint density at radius 3 is 2.90 bits per heavy atom. The number of carbonyl (C=O) groups excluding carboxylic acids is 1. The van der Waals surface area contributed by atoms with Gasteiger partial charge in [-0.2, -0.15) is 5.10 Å². The van der Waals surface area contributed by atoms with Gasteiger partial charge in [0.25, 0.3) is 0 Å². The van der Waals surface area contributed by atoms with E-state index in [9.17, 15) is 9.18 Å². The van der Waals surface area contributed by atoms with Gasteiger partial charge in [0.05, 0.1) is 17.4 Å². The SMILES string of the molecule is C=CC(C)(F)COc1ncc(Cn2cc3c(NC(=O)C(C)C)nccc3n2)cc1Cl. The summed E-state index contributed by atoms with van der Waals surface area (Å²) in [5, 5.41) is 8.34. The second kappa shape index (κ2) is 8.79. The largest absolute Gasteiger partial charge is 0.473 e. The van der Waals surface area contributed by atoms with E-state index in [1.807, 2.05) is 13.8 Å². The van der Waals surface area contributed by atoms with Crippen molar-refractivity contribution in [1.82, 2.24) is 19.7 Å². The molecule has 3 aromatic rings. The number of aromatic nitrogens is 4. The van der Waals surface area contributed by atoms with Gasteiger partial charge >= 0.3 is 0 Å². The summed E-state index contributed by atoms with van der Waals surface area (Å²) >= 11 is 6.24. The van der Waals surface area contributed by atoms with E-state index in [2.05, 4.69) is 27.0 Å². The fraction of sp³-hybridized carbons (Fsp3) is 0.333. The van der Waals surface area contributed by atoms with Crippen LogP contribution < -0.4 is 10.1 Å². The first-order valence-electron chi connectivity index (χ1n) is 9.41. The number of amides is 1. The monoisotopic (exact) mass is 431 g/mol. The van der Waals surface area contributed by atoms with Gasteiger partial charge in [-0.15, -0.1) is 0 Å². The minimum atomic E-state index is -1.67. The molecule has 1 unspecified atom stereocenters. The van der Waals surface area contributed by atoms with E-state index in [-0.39, 0.29) is 29.3 Å². The molecule has 30 heavy (non-hydrogen) atoms. The molecular weight excluding hydrogens is 409 g/mol. The van der Waals surface area contributed by atoms with Crippen LogP contribution in [0.25, 0.3) is 10.9 Å². The van der Waals surface area contributed by atoms with Gasteiger partial charge in [0.2, 0.25) is 11.8 Å². The first-order valence-corrected chi connectivity index (χ1v) is 9.79. The van der Waals surface area contributed by atoms with Gasteiger partial charge in [-0.25, -0.2) is 14.4 Å². The van der Waals surface area contributed by atoms with Gasteiger partial charge in [-0.1, -0.05) is 38.1 Å². The van der Waals surface area contributed by atoms with Gasteiger partial charge in [-0.3, -0.25) is 9.48 Å². The minimum Gasteiger partial charge on any atom is -0.473 e. The first kappa shape index (κ1) is 21.7. The number of pyridine rings is 2. The van der Waals surface area contributed by atoms with E-state index in [0.29, 0.717) is 17.9 Å². The topological polar surface area (TPSA) is 81.9 Å². The maximum absolute atomic E-state index is 13.9. The Morgan fingerprint density at radius 2 is 2.23 bits per heavy atom. The van der Waals surface area contributed by atoms with Crippen molar-refractivity contribution >= 4 is 34.2 Å². The van der Waals surface area contributed by atoms with Crippen LogP contribution in [-0.4, -0.2) is 37.9 Å². The second-order valence-corrected chi connectivity index (χ2v) is 7.87. The second-order valence-electron chi connectivity index (χ2n) is 7.46. The van der Waals surface area contributed by atoms with E-state index in [1.165, 1.54) is 13.0 Å². The molecule has 0 radical (unpaired) electrons. The standard InChI is InChI=1S/C21H23ClFN5O2/c1-5-21(4,23)12-30-20-16(22)8-14(9-25-20)10-28-11-15-17(27-28)6-7-24-18(15)26-19(29)13(2)3/h5-9,11,13H,1,10,12H2,2-4H3,(H,24,26,29). The summed E-state index contributed by atoms with van der Waals surface area (Å²) in [5.74, 6) is 0.344. The lowest BCUT2D eigenvalue weighted by Crippen LogP contribution is -2.24. The molecule has 1 atom stereocenters. The van der Waals surface area contributed by atoms with Gasteiger partial charge in [-0.05, 0) is 24.6 Å². The molecular formula is C21H23ClFN5O2. The van der Waals surface area contributed by atoms with Crippen molar-refractivity contribution in [1.29, 1.82) is 0 Å². The molecule has 0 bridgehead atoms. The van der Waals surface area contributed by atoms with Gasteiger partial charge in [0.1, 0.15) is 17.4 Å². The van der Waals surface area contributed by atoms with Crippen LogP contribution >= 0.6 is 11.6 Å². The van der Waals surface area contributed by atoms with Crippen molar-refractivity contribution in [3.05, 3.63) is 54.0 Å².